The van der Waals surface area contributed by atoms with E-state index in [1.165, 1.54) is 12.1 Å². The molecule has 3 rings (SSSR count). The lowest BCUT2D eigenvalue weighted by Gasteiger charge is -2.21. The number of urea groups is 1. The van der Waals surface area contributed by atoms with Crippen molar-refractivity contribution >= 4 is 17.8 Å². The van der Waals surface area contributed by atoms with Gasteiger partial charge in [-0.15, -0.1) is 0 Å². The highest BCUT2D eigenvalue weighted by Gasteiger charge is 2.51. The Bertz CT molecular complexity index is 613. The number of aromatic hydroxyl groups is 1. The maximum Gasteiger partial charge on any atom is 0.322 e. The number of carbonyl (C=O) groups is 3. The zero-order chi connectivity index (χ0) is 15.0. The molecule has 110 valence electrons. The van der Waals surface area contributed by atoms with Crippen LogP contribution in [-0.4, -0.2) is 46.5 Å². The van der Waals surface area contributed by atoms with Gasteiger partial charge in [0.2, 0.25) is 5.91 Å². The second kappa shape index (κ2) is 4.76. The van der Waals surface area contributed by atoms with Gasteiger partial charge in [0.15, 0.2) is 0 Å². The fraction of sp³-hybridized carbons (Fsp3) is 0.357. The summed E-state index contributed by atoms with van der Waals surface area (Å²) in [5.41, 5.74) is -0.180. The number of nitrogens with one attached hydrogen (secondary N) is 2. The Morgan fingerprint density at radius 1 is 1.29 bits per heavy atom. The predicted octanol–water partition coefficient (Wildman–Crippen LogP) is -0.255. The van der Waals surface area contributed by atoms with E-state index in [0.29, 0.717) is 13.0 Å². The Balaban J connectivity index is 1.66. The maximum atomic E-state index is 12.2. The van der Waals surface area contributed by atoms with Crippen LogP contribution in [0.1, 0.15) is 12.0 Å². The van der Waals surface area contributed by atoms with Crippen LogP contribution in [0.5, 0.6) is 5.75 Å². The van der Waals surface area contributed by atoms with Gasteiger partial charge in [-0.2, -0.15) is 0 Å². The van der Waals surface area contributed by atoms with Gasteiger partial charge in [-0.25, -0.2) is 4.79 Å². The third-order valence-electron chi connectivity index (χ3n) is 3.93. The molecule has 21 heavy (non-hydrogen) atoms. The number of phenolic OH excluding ortho intramolecular Hbond substituents is 1. The molecule has 0 saturated carbocycles. The molecule has 7 heteroatoms. The van der Waals surface area contributed by atoms with Gasteiger partial charge in [0.25, 0.3) is 5.91 Å². The minimum atomic E-state index is -0.971. The molecule has 0 aromatic heterocycles. The highest BCUT2D eigenvalue weighted by molar-refractivity contribution is 6.07. The Morgan fingerprint density at radius 2 is 2.00 bits per heavy atom. The van der Waals surface area contributed by atoms with Crippen molar-refractivity contribution in [2.45, 2.75) is 18.4 Å². The van der Waals surface area contributed by atoms with Crippen molar-refractivity contribution in [3.63, 3.8) is 0 Å². The number of phenols is 1. The molecule has 1 aromatic carbocycles. The number of imide groups is 1. The van der Waals surface area contributed by atoms with E-state index in [0.717, 1.165) is 5.56 Å². The van der Waals surface area contributed by atoms with Gasteiger partial charge < -0.3 is 15.3 Å². The monoisotopic (exact) mass is 289 g/mol. The van der Waals surface area contributed by atoms with Gasteiger partial charge in [0, 0.05) is 6.54 Å². The molecule has 0 bridgehead atoms. The lowest BCUT2D eigenvalue weighted by atomic mass is 9.99. The van der Waals surface area contributed by atoms with Crippen LogP contribution in [0.2, 0.25) is 0 Å². The lowest BCUT2D eigenvalue weighted by Crippen LogP contribution is -2.49. The minimum absolute atomic E-state index is 0.105. The van der Waals surface area contributed by atoms with E-state index in [-0.39, 0.29) is 30.5 Å². The summed E-state index contributed by atoms with van der Waals surface area (Å²) in [6, 6.07) is 5.91. The molecular weight excluding hydrogens is 274 g/mol. The molecule has 0 radical (unpaired) electrons. The van der Waals surface area contributed by atoms with Crippen molar-refractivity contribution in [1.29, 1.82) is 0 Å². The first-order valence-corrected chi connectivity index (χ1v) is 6.68. The Kier molecular flexibility index (Phi) is 3.04. The molecule has 2 aliphatic heterocycles. The van der Waals surface area contributed by atoms with E-state index in [9.17, 15) is 19.5 Å². The summed E-state index contributed by atoms with van der Waals surface area (Å²) >= 11 is 0. The van der Waals surface area contributed by atoms with E-state index < -0.39 is 11.6 Å². The average molecular weight is 289 g/mol. The van der Waals surface area contributed by atoms with Crippen molar-refractivity contribution in [1.82, 2.24) is 15.5 Å². The molecule has 2 fully saturated rings. The largest absolute Gasteiger partial charge is 0.508 e. The molecule has 1 spiro atoms. The first kappa shape index (κ1) is 13.4. The van der Waals surface area contributed by atoms with Crippen molar-refractivity contribution in [2.75, 3.05) is 13.1 Å². The summed E-state index contributed by atoms with van der Waals surface area (Å²) in [5.74, 6) is -0.324. The molecule has 7 nitrogen and oxygen atoms in total. The molecule has 2 heterocycles. The summed E-state index contributed by atoms with van der Waals surface area (Å²) in [5, 5.41) is 14.0. The summed E-state index contributed by atoms with van der Waals surface area (Å²) in [7, 11) is 0. The van der Waals surface area contributed by atoms with Crippen LogP contribution in [0.25, 0.3) is 0 Å². The van der Waals surface area contributed by atoms with Crippen molar-refractivity contribution < 1.29 is 19.5 Å². The van der Waals surface area contributed by atoms with Crippen LogP contribution in [0.3, 0.4) is 0 Å². The molecule has 4 amide bonds. The molecule has 0 aliphatic carbocycles. The molecular formula is C14H15N3O4. The van der Waals surface area contributed by atoms with Gasteiger partial charge in [0.05, 0.1) is 13.0 Å². The number of nitrogens with zero attached hydrogens (tertiary/aromatic N) is 1. The first-order valence-electron chi connectivity index (χ1n) is 6.68. The highest BCUT2D eigenvalue weighted by atomic mass is 16.3. The normalized spacial score (nSPS) is 24.3. The van der Waals surface area contributed by atoms with Crippen LogP contribution in [0, 0.1) is 0 Å². The van der Waals surface area contributed by atoms with Crippen LogP contribution in [0.15, 0.2) is 24.3 Å². The number of hydrogen-bond donors (Lipinski definition) is 3. The molecule has 1 unspecified atom stereocenters. The lowest BCUT2D eigenvalue weighted by molar-refractivity contribution is -0.130. The van der Waals surface area contributed by atoms with Crippen molar-refractivity contribution in [3.8, 4) is 5.75 Å². The number of likely N-dealkylation sites (tertiary alicyclic amines) is 1. The van der Waals surface area contributed by atoms with E-state index >= 15 is 0 Å². The molecule has 3 N–H and O–H groups in total. The number of benzene rings is 1. The molecule has 1 aromatic rings. The van der Waals surface area contributed by atoms with Gasteiger partial charge in [0.1, 0.15) is 11.3 Å². The number of carbonyl (C=O) groups excluding carboxylic acids is 3. The topological polar surface area (TPSA) is 98.7 Å². The van der Waals surface area contributed by atoms with Crippen molar-refractivity contribution in [2.24, 2.45) is 0 Å². The van der Waals surface area contributed by atoms with Crippen LogP contribution >= 0.6 is 0 Å². The molecule has 2 saturated heterocycles. The first-order chi connectivity index (χ1) is 9.98. The fourth-order valence-electron chi connectivity index (χ4n) is 2.74. The third kappa shape index (κ3) is 2.42. The second-order valence-electron chi connectivity index (χ2n) is 5.40. The summed E-state index contributed by atoms with van der Waals surface area (Å²) < 4.78 is 0. The standard InChI is InChI=1S/C14H15N3O4/c18-10-3-1-9(2-4-10)7-11(19)17-6-5-14(8-17)12(20)15-13(21)16-14/h1-4,18H,5-8H2,(H2,15,16,20,21). The number of hydrogen-bond acceptors (Lipinski definition) is 4. The fourth-order valence-corrected chi connectivity index (χ4v) is 2.74. The van der Waals surface area contributed by atoms with Crippen molar-refractivity contribution in [3.05, 3.63) is 29.8 Å². The number of amides is 4. The summed E-state index contributed by atoms with van der Waals surface area (Å²) in [6.45, 7) is 0.631. The van der Waals surface area contributed by atoms with Gasteiger partial charge in [-0.05, 0) is 24.1 Å². The second-order valence-corrected chi connectivity index (χ2v) is 5.40. The smallest absolute Gasteiger partial charge is 0.322 e. The summed E-state index contributed by atoms with van der Waals surface area (Å²) in [4.78, 5) is 36.9. The number of rotatable bonds is 2. The highest BCUT2D eigenvalue weighted by Crippen LogP contribution is 2.25. The third-order valence-corrected chi connectivity index (χ3v) is 3.93. The van der Waals surface area contributed by atoms with Crippen LogP contribution < -0.4 is 10.6 Å². The van der Waals surface area contributed by atoms with E-state index in [2.05, 4.69) is 10.6 Å². The maximum absolute atomic E-state index is 12.2. The zero-order valence-corrected chi connectivity index (χ0v) is 11.3. The minimum Gasteiger partial charge on any atom is -0.508 e. The average Bonchev–Trinajstić information content (AvgIpc) is 2.97. The van der Waals surface area contributed by atoms with Gasteiger partial charge in [-0.3, -0.25) is 14.9 Å². The van der Waals surface area contributed by atoms with Gasteiger partial charge >= 0.3 is 6.03 Å². The Hall–Kier alpha value is -2.57. The quantitative estimate of drug-likeness (QED) is 0.654. The SMILES string of the molecule is O=C1NC(=O)C2(CCN(C(=O)Cc3ccc(O)cc3)C2)N1. The van der Waals surface area contributed by atoms with E-state index in [1.54, 1.807) is 17.0 Å². The van der Waals surface area contributed by atoms with E-state index in [4.69, 9.17) is 0 Å². The zero-order valence-electron chi connectivity index (χ0n) is 11.3. The Labute approximate surface area is 120 Å². The van der Waals surface area contributed by atoms with Gasteiger partial charge in [-0.1, -0.05) is 12.1 Å². The Morgan fingerprint density at radius 3 is 2.62 bits per heavy atom. The van der Waals surface area contributed by atoms with E-state index in [1.807, 2.05) is 0 Å². The van der Waals surface area contributed by atoms with Crippen LogP contribution in [0.4, 0.5) is 4.79 Å². The predicted molar refractivity (Wildman–Crippen MR) is 72.4 cm³/mol. The molecule has 1 atom stereocenters. The summed E-state index contributed by atoms with van der Waals surface area (Å²) in [6.07, 6.45) is 0.623. The van der Waals surface area contributed by atoms with Crippen LogP contribution in [-0.2, 0) is 16.0 Å². The molecule has 2 aliphatic rings.